The number of nitrogens with one attached hydrogen (secondary N) is 1. The molecule has 0 spiro atoms. The van der Waals surface area contributed by atoms with Crippen LogP contribution in [0.15, 0.2) is 0 Å². The van der Waals surface area contributed by atoms with E-state index in [4.69, 9.17) is 4.74 Å². The van der Waals surface area contributed by atoms with Gasteiger partial charge in [-0.3, -0.25) is 4.79 Å². The maximum atomic E-state index is 11.9. The molecule has 18 heavy (non-hydrogen) atoms. The average molecular weight is 256 g/mol. The second-order valence-electron chi connectivity index (χ2n) is 5.74. The Morgan fingerprint density at radius 1 is 1.50 bits per heavy atom. The van der Waals surface area contributed by atoms with Crippen molar-refractivity contribution in [3.8, 4) is 0 Å². The van der Waals surface area contributed by atoms with Gasteiger partial charge in [-0.25, -0.2) is 0 Å². The molecular formula is C14H28N2O2. The molecule has 0 aliphatic carbocycles. The minimum atomic E-state index is -0.568. The molecule has 4 heteroatoms. The zero-order valence-corrected chi connectivity index (χ0v) is 12.5. The molecule has 106 valence electrons. The summed E-state index contributed by atoms with van der Waals surface area (Å²) in [5.41, 5.74) is -0.568. The number of rotatable bonds is 6. The number of carbonyl (C=O) groups is 1. The molecule has 0 saturated carbocycles. The summed E-state index contributed by atoms with van der Waals surface area (Å²) in [6.07, 6.45) is 2.05. The molecule has 0 aromatic rings. The highest BCUT2D eigenvalue weighted by molar-refractivity contribution is 5.80. The van der Waals surface area contributed by atoms with E-state index >= 15 is 0 Å². The standard InChI is InChI=1S/C14H28N2O2/c1-6-18-13(17)14(4,15-5)7-8-16-10-11(2)9-12(16)3/h11-12,15H,6-10H2,1-5H3. The second-order valence-corrected chi connectivity index (χ2v) is 5.74. The van der Waals surface area contributed by atoms with Crippen LogP contribution in [-0.2, 0) is 9.53 Å². The van der Waals surface area contributed by atoms with Crippen molar-refractivity contribution in [1.29, 1.82) is 0 Å². The summed E-state index contributed by atoms with van der Waals surface area (Å²) in [6.45, 7) is 10.9. The predicted octanol–water partition coefficient (Wildman–Crippen LogP) is 1.65. The largest absolute Gasteiger partial charge is 0.465 e. The minimum absolute atomic E-state index is 0.146. The highest BCUT2D eigenvalue weighted by atomic mass is 16.5. The van der Waals surface area contributed by atoms with Crippen LogP contribution in [0.1, 0.15) is 40.5 Å². The molecule has 0 aromatic heterocycles. The van der Waals surface area contributed by atoms with Crippen molar-refractivity contribution >= 4 is 5.97 Å². The summed E-state index contributed by atoms with van der Waals surface area (Å²) in [4.78, 5) is 14.4. The van der Waals surface area contributed by atoms with E-state index in [9.17, 15) is 4.79 Å². The first-order valence-electron chi connectivity index (χ1n) is 7.03. The Kier molecular flexibility index (Phi) is 5.60. The number of likely N-dealkylation sites (tertiary alicyclic amines) is 1. The van der Waals surface area contributed by atoms with Crippen molar-refractivity contribution in [2.24, 2.45) is 5.92 Å². The van der Waals surface area contributed by atoms with Crippen LogP contribution in [0, 0.1) is 5.92 Å². The van der Waals surface area contributed by atoms with Crippen molar-refractivity contribution in [3.05, 3.63) is 0 Å². The van der Waals surface area contributed by atoms with Gasteiger partial charge >= 0.3 is 5.97 Å². The van der Waals surface area contributed by atoms with E-state index in [-0.39, 0.29) is 5.97 Å². The van der Waals surface area contributed by atoms with Crippen molar-refractivity contribution in [3.63, 3.8) is 0 Å². The first-order chi connectivity index (χ1) is 8.42. The smallest absolute Gasteiger partial charge is 0.326 e. The van der Waals surface area contributed by atoms with Crippen LogP contribution < -0.4 is 5.32 Å². The van der Waals surface area contributed by atoms with Gasteiger partial charge in [-0.05, 0) is 46.6 Å². The fraction of sp³-hybridized carbons (Fsp3) is 0.929. The molecule has 3 atom stereocenters. The first-order valence-corrected chi connectivity index (χ1v) is 7.03. The van der Waals surface area contributed by atoms with Crippen LogP contribution >= 0.6 is 0 Å². The zero-order chi connectivity index (χ0) is 13.8. The minimum Gasteiger partial charge on any atom is -0.465 e. The van der Waals surface area contributed by atoms with E-state index in [2.05, 4.69) is 24.1 Å². The molecule has 1 N–H and O–H groups in total. The number of ether oxygens (including phenoxy) is 1. The molecular weight excluding hydrogens is 228 g/mol. The van der Waals surface area contributed by atoms with Gasteiger partial charge in [0.15, 0.2) is 0 Å². The van der Waals surface area contributed by atoms with Crippen molar-refractivity contribution < 1.29 is 9.53 Å². The van der Waals surface area contributed by atoms with Gasteiger partial charge < -0.3 is 15.0 Å². The van der Waals surface area contributed by atoms with Crippen molar-refractivity contribution in [1.82, 2.24) is 10.2 Å². The average Bonchev–Trinajstić information content (AvgIpc) is 2.65. The Morgan fingerprint density at radius 3 is 2.61 bits per heavy atom. The van der Waals surface area contributed by atoms with E-state index in [1.807, 2.05) is 20.9 Å². The zero-order valence-electron chi connectivity index (χ0n) is 12.5. The van der Waals surface area contributed by atoms with E-state index < -0.39 is 5.54 Å². The van der Waals surface area contributed by atoms with Crippen LogP contribution in [0.25, 0.3) is 0 Å². The molecule has 3 unspecified atom stereocenters. The van der Waals surface area contributed by atoms with Gasteiger partial charge in [-0.2, -0.15) is 0 Å². The van der Waals surface area contributed by atoms with Crippen LogP contribution in [0.3, 0.4) is 0 Å². The number of hydrogen-bond donors (Lipinski definition) is 1. The Hall–Kier alpha value is -0.610. The monoisotopic (exact) mass is 256 g/mol. The van der Waals surface area contributed by atoms with E-state index in [1.165, 1.54) is 6.42 Å². The topological polar surface area (TPSA) is 41.6 Å². The molecule has 0 bridgehead atoms. The third-order valence-electron chi connectivity index (χ3n) is 4.09. The van der Waals surface area contributed by atoms with Gasteiger partial charge in [0.1, 0.15) is 5.54 Å². The molecule has 1 fully saturated rings. The van der Waals surface area contributed by atoms with Gasteiger partial charge in [-0.15, -0.1) is 0 Å². The summed E-state index contributed by atoms with van der Waals surface area (Å²) in [5.74, 6) is 0.621. The highest BCUT2D eigenvalue weighted by Crippen LogP contribution is 2.24. The van der Waals surface area contributed by atoms with Gasteiger partial charge in [0.2, 0.25) is 0 Å². The lowest BCUT2D eigenvalue weighted by molar-refractivity contribution is -0.150. The fourth-order valence-electron chi connectivity index (χ4n) is 2.68. The van der Waals surface area contributed by atoms with E-state index in [0.717, 1.165) is 25.4 Å². The summed E-state index contributed by atoms with van der Waals surface area (Å²) in [6, 6.07) is 0.628. The van der Waals surface area contributed by atoms with Gasteiger partial charge in [0.25, 0.3) is 0 Å². The Bertz CT molecular complexity index is 283. The van der Waals surface area contributed by atoms with Crippen LogP contribution in [0.5, 0.6) is 0 Å². The molecule has 1 saturated heterocycles. The fourth-order valence-corrected chi connectivity index (χ4v) is 2.68. The van der Waals surface area contributed by atoms with Crippen LogP contribution in [0.2, 0.25) is 0 Å². The van der Waals surface area contributed by atoms with E-state index in [0.29, 0.717) is 12.6 Å². The predicted molar refractivity (Wildman–Crippen MR) is 73.5 cm³/mol. The third-order valence-corrected chi connectivity index (χ3v) is 4.09. The lowest BCUT2D eigenvalue weighted by Gasteiger charge is -2.30. The number of hydrogen-bond acceptors (Lipinski definition) is 4. The SMILES string of the molecule is CCOC(=O)C(C)(CCN1CC(C)CC1C)NC. The third kappa shape index (κ3) is 3.69. The number of nitrogens with zero attached hydrogens (tertiary/aromatic N) is 1. The normalized spacial score (nSPS) is 28.1. The number of likely N-dealkylation sites (N-methyl/N-ethyl adjacent to an activating group) is 1. The van der Waals surface area contributed by atoms with Gasteiger partial charge in [0.05, 0.1) is 6.61 Å². The van der Waals surface area contributed by atoms with Crippen molar-refractivity contribution in [2.75, 3.05) is 26.7 Å². The lowest BCUT2D eigenvalue weighted by atomic mass is 9.98. The summed E-state index contributed by atoms with van der Waals surface area (Å²) >= 11 is 0. The molecule has 1 rings (SSSR count). The molecule has 1 aliphatic heterocycles. The Balaban J connectivity index is 2.51. The quantitative estimate of drug-likeness (QED) is 0.734. The molecule has 0 radical (unpaired) electrons. The van der Waals surface area contributed by atoms with Gasteiger partial charge in [-0.1, -0.05) is 6.92 Å². The lowest BCUT2D eigenvalue weighted by Crippen LogP contribution is -2.50. The molecule has 0 aromatic carbocycles. The number of esters is 1. The molecule has 4 nitrogen and oxygen atoms in total. The Morgan fingerprint density at radius 2 is 2.17 bits per heavy atom. The summed E-state index contributed by atoms with van der Waals surface area (Å²) < 4.78 is 5.14. The molecule has 0 amide bonds. The van der Waals surface area contributed by atoms with Crippen LogP contribution in [0.4, 0.5) is 0 Å². The Labute approximate surface area is 111 Å². The summed E-state index contributed by atoms with van der Waals surface area (Å²) in [7, 11) is 1.83. The maximum absolute atomic E-state index is 11.9. The van der Waals surface area contributed by atoms with Crippen LogP contribution in [-0.4, -0.2) is 49.2 Å². The first kappa shape index (κ1) is 15.4. The molecule has 1 heterocycles. The second kappa shape index (κ2) is 6.53. The highest BCUT2D eigenvalue weighted by Gasteiger charge is 2.35. The molecule has 1 aliphatic rings. The van der Waals surface area contributed by atoms with Crippen molar-refractivity contribution in [2.45, 2.75) is 52.1 Å². The van der Waals surface area contributed by atoms with Gasteiger partial charge in [0, 0.05) is 19.1 Å². The number of carbonyl (C=O) groups excluding carboxylic acids is 1. The van der Waals surface area contributed by atoms with E-state index in [1.54, 1.807) is 0 Å². The summed E-state index contributed by atoms with van der Waals surface area (Å²) in [5, 5.41) is 3.11. The maximum Gasteiger partial charge on any atom is 0.326 e.